The number of rotatable bonds is 15. The molecule has 104 heavy (non-hydrogen) atoms. The van der Waals surface area contributed by atoms with E-state index in [1.807, 2.05) is 124 Å². The maximum absolute atomic E-state index is 12.0. The third kappa shape index (κ3) is 35.3. The van der Waals surface area contributed by atoms with Gasteiger partial charge in [-0.05, 0) is 195 Å². The maximum Gasteiger partial charge on any atom is 0.573 e. The van der Waals surface area contributed by atoms with Crippen LogP contribution in [0.4, 0.5) is 39.5 Å². The fraction of sp³-hybridized carbons (Fsp3) is 0.250. The Kier molecular flexibility index (Phi) is 38.3. The van der Waals surface area contributed by atoms with E-state index in [4.69, 9.17) is 44.9 Å². The zero-order valence-corrected chi connectivity index (χ0v) is 61.8. The lowest BCUT2D eigenvalue weighted by atomic mass is 9.81. The Morgan fingerprint density at radius 2 is 0.904 bits per heavy atom. The van der Waals surface area contributed by atoms with E-state index in [0.29, 0.717) is 22.1 Å². The van der Waals surface area contributed by atoms with E-state index in [0.717, 1.165) is 77.5 Å². The zero-order chi connectivity index (χ0) is 79.7. The van der Waals surface area contributed by atoms with E-state index in [-0.39, 0.29) is 72.6 Å². The Hall–Kier alpha value is -9.89. The van der Waals surface area contributed by atoms with Crippen molar-refractivity contribution in [3.63, 3.8) is 0 Å². The van der Waals surface area contributed by atoms with Gasteiger partial charge in [0, 0.05) is 52.3 Å². The molecule has 28 heteroatoms. The maximum atomic E-state index is 12.0. The average molecular weight is 1530 g/mol. The largest absolute Gasteiger partial charge is 0.573 e. The summed E-state index contributed by atoms with van der Waals surface area (Å²) in [6, 6.07) is 48.6. The van der Waals surface area contributed by atoms with Crippen molar-refractivity contribution in [1.82, 2.24) is 0 Å². The Balaban J connectivity index is 0.000000598. The Bertz CT molecular complexity index is 4300. The van der Waals surface area contributed by atoms with Crippen LogP contribution in [0.5, 0.6) is 23.0 Å². The van der Waals surface area contributed by atoms with E-state index in [9.17, 15) is 86.3 Å². The molecule has 0 aliphatic heterocycles. The Labute approximate surface area is 612 Å². The van der Waals surface area contributed by atoms with Crippen LogP contribution in [0, 0.1) is 6.92 Å². The van der Waals surface area contributed by atoms with Crippen LogP contribution < -0.4 is 18.9 Å². The molecule has 0 spiro atoms. The van der Waals surface area contributed by atoms with Crippen molar-refractivity contribution in [2.75, 3.05) is 20.5 Å². The van der Waals surface area contributed by atoms with E-state index >= 15 is 0 Å². The number of alkyl halides is 9. The number of sulfone groups is 1. The first-order valence-electron chi connectivity index (χ1n) is 30.3. The van der Waals surface area contributed by atoms with Crippen LogP contribution in [0.3, 0.4) is 0 Å². The number of esters is 1. The topological polar surface area (TPSA) is 217 Å². The summed E-state index contributed by atoms with van der Waals surface area (Å²) < 4.78 is 152. The number of ketones is 7. The van der Waals surface area contributed by atoms with Crippen molar-refractivity contribution in [3.05, 3.63) is 254 Å². The normalized spacial score (nSPS) is 10.6. The first-order chi connectivity index (χ1) is 48.1. The summed E-state index contributed by atoms with van der Waals surface area (Å²) >= 11 is 16.4. The predicted molar refractivity (Wildman–Crippen MR) is 383 cm³/mol. The van der Waals surface area contributed by atoms with Gasteiger partial charge in [-0.25, -0.2) is 13.2 Å². The second kappa shape index (κ2) is 43.3. The van der Waals surface area contributed by atoms with Crippen molar-refractivity contribution in [3.8, 4) is 23.0 Å². The zero-order valence-electron chi connectivity index (χ0n) is 58.7. The van der Waals surface area contributed by atoms with Crippen molar-refractivity contribution in [2.45, 2.75) is 112 Å². The second-order valence-corrected chi connectivity index (χ2v) is 25.5. The molecule has 8 aromatic carbocycles. The minimum Gasteiger partial charge on any atom is -0.497 e. The molecule has 0 aliphatic carbocycles. The number of hydrogen-bond acceptors (Lipinski definition) is 16. The van der Waals surface area contributed by atoms with Crippen LogP contribution in [0.1, 0.15) is 154 Å². The van der Waals surface area contributed by atoms with Gasteiger partial charge in [0.1, 0.15) is 34.6 Å². The number of thiocarbonyl (C=S) groups is 1. The van der Waals surface area contributed by atoms with Gasteiger partial charge in [0.25, 0.3) is 0 Å². The number of aryl methyl sites for hydroxylation is 1. The van der Waals surface area contributed by atoms with Crippen molar-refractivity contribution < 1.29 is 110 Å². The molecule has 0 atom stereocenters. The number of para-hydroxylation sites is 2. The first kappa shape index (κ1) is 92.1. The quantitative estimate of drug-likeness (QED) is 0.0403. The highest BCUT2D eigenvalue weighted by Gasteiger charge is 2.34. The van der Waals surface area contributed by atoms with Gasteiger partial charge in [-0.3, -0.25) is 33.6 Å². The molecule has 8 aromatic rings. The van der Waals surface area contributed by atoms with Crippen LogP contribution in [0.25, 0.3) is 0 Å². The van der Waals surface area contributed by atoms with Gasteiger partial charge in [0.15, 0.2) is 43.8 Å². The van der Waals surface area contributed by atoms with E-state index < -0.39 is 57.2 Å². The molecule has 15 nitrogen and oxygen atoms in total. The minimum atomic E-state index is -4.77. The van der Waals surface area contributed by atoms with Gasteiger partial charge in [-0.2, -0.15) is 13.2 Å². The Morgan fingerprint density at radius 3 is 1.29 bits per heavy atom. The number of carbonyl (C=O) groups excluding carboxylic acids is 8. The average Bonchev–Trinajstić information content (AvgIpc) is 0.781. The van der Waals surface area contributed by atoms with Gasteiger partial charge in [-0.1, -0.05) is 114 Å². The predicted octanol–water partition coefficient (Wildman–Crippen LogP) is 19.9. The molecule has 0 aliphatic rings. The molecule has 0 aromatic heterocycles. The molecule has 0 unspecified atom stereocenters. The number of halogens is 11. The van der Waals surface area contributed by atoms with Crippen LogP contribution in [-0.4, -0.2) is 93.1 Å². The molecule has 0 fully saturated rings. The molecule has 0 saturated carbocycles. The smallest absolute Gasteiger partial charge is 0.497 e. The highest BCUT2D eigenvalue weighted by molar-refractivity contribution is 7.90. The van der Waals surface area contributed by atoms with Gasteiger partial charge in [-0.15, -0.1) is 26.3 Å². The minimum absolute atomic E-state index is 0.0736. The fourth-order valence-electron chi connectivity index (χ4n) is 7.91. The molecule has 0 bridgehead atoms. The SMILES string of the molecule is CC(=O)C(C)(C)c1ccc(Cl)cc1.CC(=O)c1ccc(C(F)(F)F)cc1.CC(=O)c1ccc(OC(F)(F)F)cc1.CC(=O)c1ccccc1C.CC(=O)c1ccccc1OC(F)(F)F.CC(=S)Oc1ccccc1.COC(=O)c1c(S(C)(=O)=O)ccc(C(C)=O)c1Cl.COc1ccc(CC(C)=O)cc1. The summed E-state index contributed by atoms with van der Waals surface area (Å²) in [4.78, 5) is 88.0. The number of methoxy groups -OCH3 is 2. The molecular formula is C76H75Cl2F9O15S2. The summed E-state index contributed by atoms with van der Waals surface area (Å²) in [5, 5.41) is 1.03. The van der Waals surface area contributed by atoms with Gasteiger partial charge >= 0.3 is 24.9 Å². The standard InChI is InChI=1S/C11H11ClO5S.C11H13ClO.C10H12O2.2C9H7F3O2.C9H7F3O.C9H10O.C8H8OS/c1-6(13)7-4-5-8(18(3,15)16)9(10(7)12)11(14)17-2;1-8(13)11(2,3)9-4-6-10(12)7-5-9;1-8(11)7-9-3-5-10(12-2)6-4-9;1-6(13)7-2-4-8(5-3-7)14-9(10,11)12;1-6(13)7-4-2-3-5-8(7)14-9(10,11)12;1-6(13)7-2-4-8(5-3-7)9(10,11)12;1-7-5-3-4-6-9(7)8(2)10;1-7(10)9-8-5-3-2-4-6-8/h4-5H,1-3H3;4-7H,1-3H3;3-6H,7H2,1-2H3;2*2-5H,1H3;2-5H,1H3;3-6H,1-2H3;2-6H,1H3. The second-order valence-electron chi connectivity index (χ2n) is 22.2. The van der Waals surface area contributed by atoms with Gasteiger partial charge in [0.2, 0.25) is 0 Å². The molecular weight excluding hydrogens is 1460 g/mol. The van der Waals surface area contributed by atoms with Gasteiger partial charge < -0.3 is 23.7 Å². The van der Waals surface area contributed by atoms with Crippen molar-refractivity contribution in [1.29, 1.82) is 0 Å². The van der Waals surface area contributed by atoms with Crippen LogP contribution in [-0.2, 0) is 42.2 Å². The summed E-state index contributed by atoms with van der Waals surface area (Å²) in [5.74, 6) is -0.878. The molecule has 0 radical (unpaired) electrons. The van der Waals surface area contributed by atoms with E-state index in [1.54, 1.807) is 34.8 Å². The van der Waals surface area contributed by atoms with E-state index in [2.05, 4.69) is 14.2 Å². The lowest BCUT2D eigenvalue weighted by molar-refractivity contribution is -0.275. The molecule has 558 valence electrons. The van der Waals surface area contributed by atoms with Gasteiger partial charge in [0.05, 0.1) is 40.8 Å². The summed E-state index contributed by atoms with van der Waals surface area (Å²) in [6.45, 7) is 17.4. The molecule has 8 rings (SSSR count). The number of ether oxygens (including phenoxy) is 5. The monoisotopic (exact) mass is 1530 g/mol. The summed E-state index contributed by atoms with van der Waals surface area (Å²) in [5.41, 5.74) is 3.07. The van der Waals surface area contributed by atoms with E-state index in [1.165, 1.54) is 82.3 Å². The first-order valence-corrected chi connectivity index (χ1v) is 33.3. The van der Waals surface area contributed by atoms with Crippen LogP contribution >= 0.6 is 35.4 Å². The summed E-state index contributed by atoms with van der Waals surface area (Å²) in [7, 11) is -0.923. The third-order valence-electron chi connectivity index (χ3n) is 13.5. The van der Waals surface area contributed by atoms with Crippen molar-refractivity contribution >= 4 is 96.8 Å². The molecule has 0 heterocycles. The number of Topliss-reactive ketones (excluding diaryl/α,β-unsaturated/α-hetero) is 7. The fourth-order valence-corrected chi connectivity index (χ4v) is 9.44. The Morgan fingerprint density at radius 1 is 0.471 bits per heavy atom. The number of carbonyl (C=O) groups is 8. The molecule has 0 N–H and O–H groups in total. The lowest BCUT2D eigenvalue weighted by Crippen LogP contribution is -2.26. The lowest BCUT2D eigenvalue weighted by Gasteiger charge is -2.21. The number of hydrogen-bond donors (Lipinski definition) is 0. The highest BCUT2D eigenvalue weighted by atomic mass is 35.5. The number of benzene rings is 8. The van der Waals surface area contributed by atoms with Crippen LogP contribution in [0.15, 0.2) is 193 Å². The third-order valence-corrected chi connectivity index (χ3v) is 15.3. The molecule has 0 amide bonds. The van der Waals surface area contributed by atoms with Crippen LogP contribution in [0.2, 0.25) is 10.0 Å². The highest BCUT2D eigenvalue weighted by Crippen LogP contribution is 2.32. The molecule has 0 saturated heterocycles. The van der Waals surface area contributed by atoms with Crippen molar-refractivity contribution in [2.24, 2.45) is 0 Å². The summed E-state index contributed by atoms with van der Waals surface area (Å²) in [6.07, 6.45) is -12.4.